The number of carbonyl (C=O) groups excluding carboxylic acids is 1. The highest BCUT2D eigenvalue weighted by atomic mass is 32.2. The zero-order chi connectivity index (χ0) is 23.7. The second-order valence-corrected chi connectivity index (χ2v) is 10.2. The fourth-order valence-corrected chi connectivity index (χ4v) is 6.11. The van der Waals surface area contributed by atoms with Gasteiger partial charge in [0.1, 0.15) is 5.82 Å². The van der Waals surface area contributed by atoms with Crippen LogP contribution in [0, 0.1) is 0 Å². The molecule has 174 valence electrons. The average Bonchev–Trinajstić information content (AvgIpc) is 3.52. The number of fused-ring (bicyclic) bond motifs is 1. The molecule has 1 N–H and O–H groups in total. The number of para-hydroxylation sites is 3. The first-order valence-electron chi connectivity index (χ1n) is 11.4. The van der Waals surface area contributed by atoms with Crippen molar-refractivity contribution in [1.82, 2.24) is 14.9 Å². The topological polar surface area (TPSA) is 86.4 Å². The normalized spacial score (nSPS) is 16.1. The Kier molecular flexibility index (Phi) is 5.83. The summed E-state index contributed by atoms with van der Waals surface area (Å²) < 4.78 is 28.2. The van der Waals surface area contributed by atoms with Gasteiger partial charge in [0, 0.05) is 18.7 Å². The lowest BCUT2D eigenvalue weighted by atomic mass is 10.1. The van der Waals surface area contributed by atoms with Crippen LogP contribution in [0.4, 0.5) is 5.69 Å². The average molecular weight is 475 g/mol. The molecule has 0 unspecified atom stereocenters. The molecule has 2 heterocycles. The number of aromatic amines is 1. The summed E-state index contributed by atoms with van der Waals surface area (Å²) in [7, 11) is -3.82. The van der Waals surface area contributed by atoms with Crippen LogP contribution in [0.2, 0.25) is 0 Å². The summed E-state index contributed by atoms with van der Waals surface area (Å²) in [6.45, 7) is 2.68. The quantitative estimate of drug-likeness (QED) is 0.437. The number of anilines is 1. The first kappa shape index (κ1) is 22.2. The lowest BCUT2D eigenvalue weighted by Gasteiger charge is -2.25. The summed E-state index contributed by atoms with van der Waals surface area (Å²) in [6, 6.07) is 22.9. The minimum atomic E-state index is -3.82. The minimum absolute atomic E-state index is 0.100. The summed E-state index contributed by atoms with van der Waals surface area (Å²) in [5.74, 6) is 0.569. The molecule has 0 aliphatic carbocycles. The molecule has 0 spiro atoms. The molecular formula is C26H26N4O3S. The number of hydrogen-bond donors (Lipinski definition) is 1. The molecule has 1 fully saturated rings. The molecule has 8 heteroatoms. The summed E-state index contributed by atoms with van der Waals surface area (Å²) in [5.41, 5.74) is 2.75. The van der Waals surface area contributed by atoms with Crippen LogP contribution >= 0.6 is 0 Å². The SMILES string of the molecule is CCN(c1ccccc1)S(=O)(=O)c1cccc(C(=O)N2CCC[C@H]2c2nc3ccccc3[nH]2)c1. The third-order valence-electron chi connectivity index (χ3n) is 6.24. The van der Waals surface area contributed by atoms with Gasteiger partial charge in [-0.2, -0.15) is 0 Å². The maximum Gasteiger partial charge on any atom is 0.264 e. The zero-order valence-corrected chi connectivity index (χ0v) is 19.7. The van der Waals surface area contributed by atoms with Gasteiger partial charge in [-0.25, -0.2) is 13.4 Å². The highest BCUT2D eigenvalue weighted by Gasteiger charge is 2.33. The number of nitrogens with one attached hydrogen (secondary N) is 1. The Morgan fingerprint density at radius 3 is 2.59 bits per heavy atom. The molecule has 1 atom stereocenters. The monoisotopic (exact) mass is 474 g/mol. The molecule has 0 bridgehead atoms. The summed E-state index contributed by atoms with van der Waals surface area (Å²) >= 11 is 0. The summed E-state index contributed by atoms with van der Waals surface area (Å²) in [4.78, 5) is 23.4. The van der Waals surface area contributed by atoms with E-state index in [-0.39, 0.29) is 23.4 Å². The van der Waals surface area contributed by atoms with Gasteiger partial charge in [0.25, 0.3) is 15.9 Å². The fraction of sp³-hybridized carbons (Fsp3) is 0.231. The highest BCUT2D eigenvalue weighted by molar-refractivity contribution is 7.92. The van der Waals surface area contributed by atoms with Gasteiger partial charge in [0.15, 0.2) is 0 Å². The molecule has 1 aliphatic heterocycles. The third-order valence-corrected chi connectivity index (χ3v) is 8.14. The molecule has 0 saturated carbocycles. The van der Waals surface area contributed by atoms with Crippen molar-refractivity contribution in [2.75, 3.05) is 17.4 Å². The number of H-pyrrole nitrogens is 1. The van der Waals surface area contributed by atoms with E-state index in [2.05, 4.69) is 4.98 Å². The van der Waals surface area contributed by atoms with Gasteiger partial charge in [-0.15, -0.1) is 0 Å². The van der Waals surface area contributed by atoms with Crippen LogP contribution in [-0.2, 0) is 10.0 Å². The highest BCUT2D eigenvalue weighted by Crippen LogP contribution is 2.33. The van der Waals surface area contributed by atoms with Crippen molar-refractivity contribution in [2.45, 2.75) is 30.7 Å². The van der Waals surface area contributed by atoms with Crippen LogP contribution in [0.1, 0.15) is 42.0 Å². The molecule has 1 aromatic heterocycles. The van der Waals surface area contributed by atoms with E-state index in [0.29, 0.717) is 17.8 Å². The summed E-state index contributed by atoms with van der Waals surface area (Å²) in [5, 5.41) is 0. The third kappa shape index (κ3) is 3.94. The number of amides is 1. The predicted molar refractivity (Wildman–Crippen MR) is 132 cm³/mol. The van der Waals surface area contributed by atoms with E-state index < -0.39 is 10.0 Å². The number of aromatic nitrogens is 2. The number of sulfonamides is 1. The number of hydrogen-bond acceptors (Lipinski definition) is 4. The maximum absolute atomic E-state index is 13.5. The van der Waals surface area contributed by atoms with Gasteiger partial charge < -0.3 is 9.88 Å². The minimum Gasteiger partial charge on any atom is -0.340 e. The lowest BCUT2D eigenvalue weighted by Crippen LogP contribution is -2.32. The number of imidazole rings is 1. The first-order valence-corrected chi connectivity index (χ1v) is 12.9. The zero-order valence-electron chi connectivity index (χ0n) is 18.9. The van der Waals surface area contributed by atoms with E-state index in [0.717, 1.165) is 29.7 Å². The molecule has 3 aromatic carbocycles. The van der Waals surface area contributed by atoms with E-state index in [1.165, 1.54) is 10.4 Å². The van der Waals surface area contributed by atoms with Crippen LogP contribution in [0.25, 0.3) is 11.0 Å². The largest absolute Gasteiger partial charge is 0.340 e. The summed E-state index contributed by atoms with van der Waals surface area (Å²) in [6.07, 6.45) is 1.67. The molecule has 4 aromatic rings. The Labute approximate surface area is 199 Å². The van der Waals surface area contributed by atoms with Crippen LogP contribution in [0.5, 0.6) is 0 Å². The number of carbonyl (C=O) groups is 1. The van der Waals surface area contributed by atoms with Crippen molar-refractivity contribution >= 4 is 32.7 Å². The molecule has 1 aliphatic rings. The van der Waals surface area contributed by atoms with E-state index in [4.69, 9.17) is 4.98 Å². The molecular weight excluding hydrogens is 448 g/mol. The molecule has 34 heavy (non-hydrogen) atoms. The molecule has 7 nitrogen and oxygen atoms in total. The van der Waals surface area contributed by atoms with Crippen molar-refractivity contribution in [3.8, 4) is 0 Å². The van der Waals surface area contributed by atoms with Crippen LogP contribution in [0.15, 0.2) is 83.8 Å². The molecule has 1 saturated heterocycles. The van der Waals surface area contributed by atoms with Gasteiger partial charge >= 0.3 is 0 Å². The molecule has 5 rings (SSSR count). The number of nitrogens with zero attached hydrogens (tertiary/aromatic N) is 3. The van der Waals surface area contributed by atoms with Crippen molar-refractivity contribution in [2.24, 2.45) is 0 Å². The van der Waals surface area contributed by atoms with Crippen LogP contribution in [0.3, 0.4) is 0 Å². The van der Waals surface area contributed by atoms with Gasteiger partial charge in [-0.1, -0.05) is 36.4 Å². The smallest absolute Gasteiger partial charge is 0.264 e. The molecule has 0 radical (unpaired) electrons. The predicted octanol–water partition coefficient (Wildman–Crippen LogP) is 4.76. The maximum atomic E-state index is 13.5. The van der Waals surface area contributed by atoms with Crippen molar-refractivity contribution in [1.29, 1.82) is 0 Å². The number of likely N-dealkylation sites (tertiary alicyclic amines) is 1. The van der Waals surface area contributed by atoms with E-state index in [9.17, 15) is 13.2 Å². The van der Waals surface area contributed by atoms with Gasteiger partial charge in [-0.3, -0.25) is 9.10 Å². The Hall–Kier alpha value is -3.65. The van der Waals surface area contributed by atoms with Gasteiger partial charge in [0.05, 0.1) is 27.7 Å². The van der Waals surface area contributed by atoms with E-state index in [1.54, 1.807) is 54.3 Å². The standard InChI is InChI=1S/C26H26N4O3S/c1-2-30(20-11-4-3-5-12-20)34(32,33)21-13-8-10-19(18-21)26(31)29-17-9-16-24(29)25-27-22-14-6-7-15-23(22)28-25/h3-8,10-15,18,24H,2,9,16-17H2,1H3,(H,27,28)/t24-/m0/s1. The lowest BCUT2D eigenvalue weighted by molar-refractivity contribution is 0.0730. The first-order chi connectivity index (χ1) is 16.5. The number of rotatable bonds is 6. The van der Waals surface area contributed by atoms with E-state index in [1.807, 2.05) is 30.3 Å². The van der Waals surface area contributed by atoms with Gasteiger partial charge in [-0.05, 0) is 62.2 Å². The fourth-order valence-electron chi connectivity index (χ4n) is 4.59. The van der Waals surface area contributed by atoms with Crippen LogP contribution < -0.4 is 4.31 Å². The Bertz CT molecular complexity index is 1400. The van der Waals surface area contributed by atoms with Crippen molar-refractivity contribution in [3.05, 3.63) is 90.3 Å². The molecule has 1 amide bonds. The Morgan fingerprint density at radius 1 is 1.06 bits per heavy atom. The van der Waals surface area contributed by atoms with Crippen molar-refractivity contribution < 1.29 is 13.2 Å². The Balaban J connectivity index is 1.45. The van der Waals surface area contributed by atoms with Gasteiger partial charge in [0.2, 0.25) is 0 Å². The second kappa shape index (κ2) is 8.95. The Morgan fingerprint density at radius 2 is 1.82 bits per heavy atom. The number of benzene rings is 3. The second-order valence-electron chi connectivity index (χ2n) is 8.33. The van der Waals surface area contributed by atoms with E-state index >= 15 is 0 Å². The van der Waals surface area contributed by atoms with Crippen molar-refractivity contribution in [3.63, 3.8) is 0 Å². The van der Waals surface area contributed by atoms with Crippen LogP contribution in [-0.4, -0.2) is 42.3 Å².